The molecule has 2 aromatic rings. The lowest BCUT2D eigenvalue weighted by molar-refractivity contribution is 0.283. The van der Waals surface area contributed by atoms with Crippen molar-refractivity contribution < 1.29 is 4.39 Å². The van der Waals surface area contributed by atoms with Crippen molar-refractivity contribution in [3.63, 3.8) is 0 Å². The third-order valence-corrected chi connectivity index (χ3v) is 4.50. The lowest BCUT2D eigenvalue weighted by Crippen LogP contribution is -2.46. The zero-order valence-electron chi connectivity index (χ0n) is 14.7. The van der Waals surface area contributed by atoms with Gasteiger partial charge in [0.2, 0.25) is 0 Å². The van der Waals surface area contributed by atoms with Gasteiger partial charge in [-0.15, -0.1) is 6.58 Å². The Morgan fingerprint density at radius 3 is 2.52 bits per heavy atom. The molecule has 0 N–H and O–H groups in total. The molecule has 1 fully saturated rings. The monoisotopic (exact) mass is 342 g/mol. The molecule has 0 radical (unpaired) electrons. The van der Waals surface area contributed by atoms with Crippen LogP contribution in [0.1, 0.15) is 11.5 Å². The van der Waals surface area contributed by atoms with E-state index in [1.165, 1.54) is 16.7 Å². The average Bonchev–Trinajstić information content (AvgIpc) is 2.55. The number of piperazine rings is 1. The highest BCUT2D eigenvalue weighted by Gasteiger charge is 2.19. The van der Waals surface area contributed by atoms with Gasteiger partial charge in [-0.3, -0.25) is 14.3 Å². The highest BCUT2D eigenvalue weighted by molar-refractivity contribution is 5.53. The maximum atomic E-state index is 14.7. The summed E-state index contributed by atoms with van der Waals surface area (Å²) in [6.07, 6.45) is 1.89. The first-order valence-electron chi connectivity index (χ1n) is 8.45. The first kappa shape index (κ1) is 17.4. The third kappa shape index (κ3) is 3.64. The smallest absolute Gasteiger partial charge is 0.258 e. The Morgan fingerprint density at radius 2 is 1.92 bits per heavy atom. The molecule has 3 rings (SSSR count). The molecular formula is C19H23FN4O. The fourth-order valence-electron chi connectivity index (χ4n) is 3.30. The molecule has 1 saturated heterocycles. The summed E-state index contributed by atoms with van der Waals surface area (Å²) in [7, 11) is 0. The van der Waals surface area contributed by atoms with Gasteiger partial charge < -0.3 is 4.90 Å². The van der Waals surface area contributed by atoms with Crippen LogP contribution in [0.4, 0.5) is 10.1 Å². The van der Waals surface area contributed by atoms with Crippen molar-refractivity contribution in [2.75, 3.05) is 37.6 Å². The highest BCUT2D eigenvalue weighted by atomic mass is 19.1. The molecule has 0 aliphatic carbocycles. The molecular weight excluding hydrogens is 319 g/mol. The molecule has 1 aliphatic heterocycles. The molecule has 0 spiro atoms. The van der Waals surface area contributed by atoms with E-state index < -0.39 is 0 Å². The van der Waals surface area contributed by atoms with E-state index in [1.54, 1.807) is 26.0 Å². The summed E-state index contributed by atoms with van der Waals surface area (Å²) in [5.74, 6) is 0.233. The van der Waals surface area contributed by atoms with E-state index in [0.29, 0.717) is 22.9 Å². The number of rotatable bonds is 4. The number of hydrogen-bond donors (Lipinski definition) is 0. The molecule has 0 saturated carbocycles. The predicted octanol–water partition coefficient (Wildman–Crippen LogP) is 2.30. The molecule has 0 unspecified atom stereocenters. The van der Waals surface area contributed by atoms with Crippen LogP contribution in [-0.2, 0) is 0 Å². The Hall–Kier alpha value is -2.47. The summed E-state index contributed by atoms with van der Waals surface area (Å²) in [6.45, 7) is 11.4. The standard InChI is InChI=1S/C19H23FN4O/c1-4-7-22-8-10-23(11-9-22)18-6-5-16(13-17(18)20)24-15(3)21-14(2)12-19(24)25/h4-6,12-13H,1,7-11H2,2-3H3. The largest absolute Gasteiger partial charge is 0.367 e. The van der Waals surface area contributed by atoms with Crippen LogP contribution in [0.5, 0.6) is 0 Å². The number of benzene rings is 1. The molecule has 0 amide bonds. The summed E-state index contributed by atoms with van der Waals surface area (Å²) in [4.78, 5) is 20.9. The second kappa shape index (κ2) is 7.19. The molecule has 132 valence electrons. The summed E-state index contributed by atoms with van der Waals surface area (Å²) in [5, 5.41) is 0. The van der Waals surface area contributed by atoms with Crippen molar-refractivity contribution in [1.82, 2.24) is 14.5 Å². The molecule has 6 heteroatoms. The number of aromatic nitrogens is 2. The van der Waals surface area contributed by atoms with Gasteiger partial charge >= 0.3 is 0 Å². The van der Waals surface area contributed by atoms with Gasteiger partial charge in [0.15, 0.2) is 0 Å². The van der Waals surface area contributed by atoms with Gasteiger partial charge in [-0.05, 0) is 26.0 Å². The topological polar surface area (TPSA) is 41.4 Å². The summed E-state index contributed by atoms with van der Waals surface area (Å²) < 4.78 is 16.1. The van der Waals surface area contributed by atoms with Crippen molar-refractivity contribution in [2.24, 2.45) is 0 Å². The second-order valence-corrected chi connectivity index (χ2v) is 6.33. The Kier molecular flexibility index (Phi) is 4.99. The number of halogens is 1. The second-order valence-electron chi connectivity index (χ2n) is 6.33. The molecule has 25 heavy (non-hydrogen) atoms. The van der Waals surface area contributed by atoms with E-state index in [9.17, 15) is 9.18 Å². The van der Waals surface area contributed by atoms with Crippen molar-refractivity contribution in [3.8, 4) is 5.69 Å². The van der Waals surface area contributed by atoms with Crippen LogP contribution in [-0.4, -0.2) is 47.2 Å². The van der Waals surface area contributed by atoms with Crippen LogP contribution in [0.25, 0.3) is 5.69 Å². The molecule has 2 heterocycles. The summed E-state index contributed by atoms with van der Waals surface area (Å²) in [5.41, 5.74) is 1.54. The van der Waals surface area contributed by atoms with E-state index >= 15 is 0 Å². The molecule has 1 aliphatic rings. The minimum atomic E-state index is -0.318. The van der Waals surface area contributed by atoms with E-state index in [1.807, 2.05) is 11.0 Å². The van der Waals surface area contributed by atoms with Crippen molar-refractivity contribution in [3.05, 3.63) is 64.6 Å². The van der Waals surface area contributed by atoms with Crippen LogP contribution in [0.2, 0.25) is 0 Å². The Labute approximate surface area is 147 Å². The molecule has 1 aromatic heterocycles. The average molecular weight is 342 g/mol. The third-order valence-electron chi connectivity index (χ3n) is 4.50. The lowest BCUT2D eigenvalue weighted by Gasteiger charge is -2.35. The minimum absolute atomic E-state index is 0.199. The van der Waals surface area contributed by atoms with Crippen LogP contribution in [0, 0.1) is 19.7 Å². The van der Waals surface area contributed by atoms with E-state index in [2.05, 4.69) is 16.5 Å². The van der Waals surface area contributed by atoms with Crippen LogP contribution in [0.3, 0.4) is 0 Å². The summed E-state index contributed by atoms with van der Waals surface area (Å²) >= 11 is 0. The fourth-order valence-corrected chi connectivity index (χ4v) is 3.30. The van der Waals surface area contributed by atoms with E-state index in [-0.39, 0.29) is 11.4 Å². The Balaban J connectivity index is 1.85. The van der Waals surface area contributed by atoms with Crippen LogP contribution in [0.15, 0.2) is 41.7 Å². The van der Waals surface area contributed by atoms with Crippen LogP contribution < -0.4 is 10.5 Å². The number of nitrogens with zero attached hydrogens (tertiary/aromatic N) is 4. The maximum absolute atomic E-state index is 14.7. The number of hydrogen-bond acceptors (Lipinski definition) is 4. The molecule has 0 bridgehead atoms. The van der Waals surface area contributed by atoms with Crippen molar-refractivity contribution >= 4 is 5.69 Å². The molecule has 5 nitrogen and oxygen atoms in total. The zero-order valence-corrected chi connectivity index (χ0v) is 14.7. The molecule has 1 aromatic carbocycles. The van der Waals surface area contributed by atoms with Gasteiger partial charge in [0.1, 0.15) is 11.6 Å². The van der Waals surface area contributed by atoms with Gasteiger partial charge in [0.25, 0.3) is 5.56 Å². The number of anilines is 1. The predicted molar refractivity (Wildman–Crippen MR) is 98.1 cm³/mol. The van der Waals surface area contributed by atoms with Crippen molar-refractivity contribution in [1.29, 1.82) is 0 Å². The van der Waals surface area contributed by atoms with Gasteiger partial charge in [-0.2, -0.15) is 0 Å². The van der Waals surface area contributed by atoms with E-state index in [4.69, 9.17) is 0 Å². The van der Waals surface area contributed by atoms with E-state index in [0.717, 1.165) is 32.7 Å². The Bertz CT molecular complexity index is 838. The van der Waals surface area contributed by atoms with Gasteiger partial charge in [-0.25, -0.2) is 9.37 Å². The van der Waals surface area contributed by atoms with Crippen LogP contribution >= 0.6 is 0 Å². The van der Waals surface area contributed by atoms with Gasteiger partial charge in [-0.1, -0.05) is 6.08 Å². The van der Waals surface area contributed by atoms with Gasteiger partial charge in [0.05, 0.1) is 11.4 Å². The first-order valence-corrected chi connectivity index (χ1v) is 8.45. The minimum Gasteiger partial charge on any atom is -0.367 e. The zero-order chi connectivity index (χ0) is 18.0. The number of aryl methyl sites for hydroxylation is 2. The highest BCUT2D eigenvalue weighted by Crippen LogP contribution is 2.23. The first-order chi connectivity index (χ1) is 12.0. The summed E-state index contributed by atoms with van der Waals surface area (Å²) in [6, 6.07) is 6.40. The van der Waals surface area contributed by atoms with Crippen molar-refractivity contribution in [2.45, 2.75) is 13.8 Å². The Morgan fingerprint density at radius 1 is 1.20 bits per heavy atom. The maximum Gasteiger partial charge on any atom is 0.258 e. The fraction of sp³-hybridized carbons (Fsp3) is 0.368. The van der Waals surface area contributed by atoms with Gasteiger partial charge in [0, 0.05) is 50.6 Å². The normalized spacial score (nSPS) is 15.4. The SMILES string of the molecule is C=CCN1CCN(c2ccc(-n3c(C)nc(C)cc3=O)cc2F)CC1. The quantitative estimate of drug-likeness (QED) is 0.800. The molecule has 0 atom stereocenters. The lowest BCUT2D eigenvalue weighted by atomic mass is 10.2.